The third-order valence-corrected chi connectivity index (χ3v) is 4.51. The summed E-state index contributed by atoms with van der Waals surface area (Å²) in [4.78, 5) is 0. The second-order valence-electron chi connectivity index (χ2n) is 5.98. The summed E-state index contributed by atoms with van der Waals surface area (Å²) in [7, 11) is 5.13. The first-order valence-electron chi connectivity index (χ1n) is 7.86. The van der Waals surface area contributed by atoms with E-state index in [1.54, 1.807) is 25.3 Å². The second-order valence-corrected chi connectivity index (χ2v) is 5.98. The van der Waals surface area contributed by atoms with E-state index >= 15 is 0 Å². The molecule has 0 fully saturated rings. The van der Waals surface area contributed by atoms with E-state index in [2.05, 4.69) is 4.58 Å². The van der Waals surface area contributed by atoms with Crippen LogP contribution in [0.15, 0.2) is 30.3 Å². The Kier molecular flexibility index (Phi) is 4.34. The monoisotopic (exact) mass is 328 g/mol. The molecule has 0 amide bonds. The first-order valence-corrected chi connectivity index (χ1v) is 7.86. The Balaban J connectivity index is 1.99. The maximum Gasteiger partial charge on any atom is 0.187 e. The molecule has 0 atom stereocenters. The van der Waals surface area contributed by atoms with E-state index in [4.69, 9.17) is 9.47 Å². The highest BCUT2D eigenvalue weighted by Gasteiger charge is 2.25. The average molecular weight is 328 g/mol. The van der Waals surface area contributed by atoms with Crippen LogP contribution in [-0.4, -0.2) is 48.3 Å². The number of phenols is 2. The van der Waals surface area contributed by atoms with Crippen molar-refractivity contribution in [3.63, 3.8) is 0 Å². The number of methoxy groups -OCH3 is 2. The number of ether oxygens (including phenoxy) is 2. The zero-order valence-electron chi connectivity index (χ0n) is 14.2. The van der Waals surface area contributed by atoms with Crippen molar-refractivity contribution in [1.29, 1.82) is 0 Å². The summed E-state index contributed by atoms with van der Waals surface area (Å²) in [6.45, 7) is 0.901. The third-order valence-electron chi connectivity index (χ3n) is 4.51. The molecule has 0 aromatic heterocycles. The molecule has 1 aliphatic heterocycles. The molecule has 5 heteroatoms. The fourth-order valence-electron chi connectivity index (χ4n) is 3.15. The smallest absolute Gasteiger partial charge is 0.187 e. The number of nitrogens with zero attached hydrogens (tertiary/aromatic N) is 1. The summed E-state index contributed by atoms with van der Waals surface area (Å²) >= 11 is 0. The van der Waals surface area contributed by atoms with Gasteiger partial charge < -0.3 is 19.7 Å². The number of hydrogen-bond donors (Lipinski definition) is 2. The second kappa shape index (κ2) is 6.43. The van der Waals surface area contributed by atoms with E-state index in [-0.39, 0.29) is 11.5 Å². The summed E-state index contributed by atoms with van der Waals surface area (Å²) in [5.41, 5.74) is 4.28. The lowest BCUT2D eigenvalue weighted by Crippen LogP contribution is -2.28. The van der Waals surface area contributed by atoms with Crippen LogP contribution >= 0.6 is 0 Å². The van der Waals surface area contributed by atoms with Gasteiger partial charge in [-0.25, -0.2) is 4.58 Å². The van der Waals surface area contributed by atoms with E-state index in [0.717, 1.165) is 35.4 Å². The molecule has 0 saturated carbocycles. The lowest BCUT2D eigenvalue weighted by atomic mass is 9.92. The van der Waals surface area contributed by atoms with Crippen LogP contribution in [0.1, 0.15) is 16.7 Å². The highest BCUT2D eigenvalue weighted by atomic mass is 16.5. The SMILES string of the molecule is COc1ccc(CC2=[N+](C)CCc3cc(OC)c(O)cc32)cc1O. The van der Waals surface area contributed by atoms with Crippen LogP contribution in [0.5, 0.6) is 23.0 Å². The fourth-order valence-corrected chi connectivity index (χ4v) is 3.15. The van der Waals surface area contributed by atoms with Gasteiger partial charge in [-0.3, -0.25) is 0 Å². The number of benzene rings is 2. The fraction of sp³-hybridized carbons (Fsp3) is 0.316. The first kappa shape index (κ1) is 16.2. The van der Waals surface area contributed by atoms with Gasteiger partial charge in [0.25, 0.3) is 0 Å². The molecule has 2 aromatic carbocycles. The minimum atomic E-state index is 0.131. The maximum atomic E-state index is 10.1. The van der Waals surface area contributed by atoms with Crippen molar-refractivity contribution in [2.45, 2.75) is 12.8 Å². The number of hydrogen-bond acceptors (Lipinski definition) is 4. The van der Waals surface area contributed by atoms with Crippen molar-refractivity contribution in [2.75, 3.05) is 27.8 Å². The summed E-state index contributed by atoms with van der Waals surface area (Å²) in [6.07, 6.45) is 1.56. The molecule has 2 aromatic rings. The Hall–Kier alpha value is -2.69. The maximum absolute atomic E-state index is 10.1. The van der Waals surface area contributed by atoms with Gasteiger partial charge in [0.2, 0.25) is 0 Å². The predicted octanol–water partition coefficient (Wildman–Crippen LogP) is 2.35. The molecule has 1 aliphatic rings. The molecule has 0 radical (unpaired) electrons. The summed E-state index contributed by atoms with van der Waals surface area (Å²) < 4.78 is 12.5. The van der Waals surface area contributed by atoms with Crippen LogP contribution in [-0.2, 0) is 12.8 Å². The average Bonchev–Trinajstić information content (AvgIpc) is 2.57. The van der Waals surface area contributed by atoms with Crippen molar-refractivity contribution in [1.82, 2.24) is 0 Å². The lowest BCUT2D eigenvalue weighted by molar-refractivity contribution is -0.498. The minimum absolute atomic E-state index is 0.131. The standard InChI is InChI=1S/C19H21NO4/c1-20-7-6-13-10-19(24-3)17(22)11-14(13)15(20)8-12-4-5-18(23-2)16(21)9-12/h4-5,9-11H,6-8H2,1-3H3,(H-,21,22)/p+1. The number of fused-ring (bicyclic) bond motifs is 1. The molecule has 0 unspecified atom stereocenters. The normalized spacial score (nSPS) is 13.6. The van der Waals surface area contributed by atoms with Crippen molar-refractivity contribution in [3.05, 3.63) is 47.0 Å². The summed E-state index contributed by atoms with van der Waals surface area (Å²) in [5, 5.41) is 20.1. The molecule has 5 nitrogen and oxygen atoms in total. The van der Waals surface area contributed by atoms with Crippen molar-refractivity contribution in [2.24, 2.45) is 0 Å². The van der Waals surface area contributed by atoms with E-state index in [9.17, 15) is 10.2 Å². The highest BCUT2D eigenvalue weighted by Crippen LogP contribution is 2.32. The van der Waals surface area contributed by atoms with Gasteiger partial charge in [0, 0.05) is 12.0 Å². The Bertz CT molecular complexity index is 811. The largest absolute Gasteiger partial charge is 0.504 e. The molecule has 24 heavy (non-hydrogen) atoms. The van der Waals surface area contributed by atoms with Gasteiger partial charge in [0.1, 0.15) is 13.6 Å². The predicted molar refractivity (Wildman–Crippen MR) is 91.9 cm³/mol. The van der Waals surface area contributed by atoms with Gasteiger partial charge in [-0.2, -0.15) is 0 Å². The topological polar surface area (TPSA) is 61.9 Å². The number of likely N-dealkylation sites (N-methyl/N-ethyl adjacent to an activating group) is 1. The highest BCUT2D eigenvalue weighted by molar-refractivity contribution is 6.00. The van der Waals surface area contributed by atoms with Gasteiger partial charge in [-0.1, -0.05) is 6.07 Å². The molecule has 3 rings (SSSR count). The van der Waals surface area contributed by atoms with E-state index in [1.807, 2.05) is 19.2 Å². The molecule has 0 saturated heterocycles. The van der Waals surface area contributed by atoms with Crippen LogP contribution in [0.2, 0.25) is 0 Å². The third kappa shape index (κ3) is 2.89. The molecule has 126 valence electrons. The quantitative estimate of drug-likeness (QED) is 0.846. The molecule has 0 aliphatic carbocycles. The lowest BCUT2D eigenvalue weighted by Gasteiger charge is -2.18. The van der Waals surface area contributed by atoms with Crippen molar-refractivity contribution >= 4 is 5.71 Å². The van der Waals surface area contributed by atoms with Crippen LogP contribution in [0.3, 0.4) is 0 Å². The van der Waals surface area contributed by atoms with Crippen LogP contribution in [0.25, 0.3) is 0 Å². The Morgan fingerprint density at radius 1 is 1.00 bits per heavy atom. The van der Waals surface area contributed by atoms with Gasteiger partial charge in [-0.15, -0.1) is 0 Å². The molecule has 1 heterocycles. The van der Waals surface area contributed by atoms with Crippen LogP contribution in [0, 0.1) is 0 Å². The molecule has 2 N–H and O–H groups in total. The molecule has 0 bridgehead atoms. The number of phenolic OH excluding ortho intramolecular Hbond substituents is 2. The van der Waals surface area contributed by atoms with Gasteiger partial charge in [0.05, 0.1) is 20.6 Å². The first-order chi connectivity index (χ1) is 11.5. The molecular formula is C19H22NO4+. The number of rotatable bonds is 4. The van der Waals surface area contributed by atoms with Gasteiger partial charge >= 0.3 is 0 Å². The van der Waals surface area contributed by atoms with Crippen molar-refractivity contribution < 1.29 is 24.3 Å². The Morgan fingerprint density at radius 2 is 1.71 bits per heavy atom. The van der Waals surface area contributed by atoms with E-state index in [1.165, 1.54) is 7.11 Å². The summed E-state index contributed by atoms with van der Waals surface area (Å²) in [5.74, 6) is 1.23. The molecule has 0 spiro atoms. The minimum Gasteiger partial charge on any atom is -0.504 e. The van der Waals surface area contributed by atoms with Crippen LogP contribution < -0.4 is 9.47 Å². The van der Waals surface area contributed by atoms with Crippen LogP contribution in [0.4, 0.5) is 0 Å². The van der Waals surface area contributed by atoms with Gasteiger partial charge in [-0.05, 0) is 35.4 Å². The van der Waals surface area contributed by atoms with Gasteiger partial charge in [0.15, 0.2) is 28.7 Å². The Labute approximate surface area is 141 Å². The Morgan fingerprint density at radius 3 is 2.38 bits per heavy atom. The zero-order valence-corrected chi connectivity index (χ0v) is 14.2. The number of aromatic hydroxyl groups is 2. The molecular weight excluding hydrogens is 306 g/mol. The zero-order chi connectivity index (χ0) is 17.3. The van der Waals surface area contributed by atoms with Crippen molar-refractivity contribution in [3.8, 4) is 23.0 Å². The van der Waals surface area contributed by atoms with E-state index in [0.29, 0.717) is 17.9 Å². The van der Waals surface area contributed by atoms with E-state index < -0.39 is 0 Å². The summed E-state index contributed by atoms with van der Waals surface area (Å²) in [6, 6.07) is 9.10.